The summed E-state index contributed by atoms with van der Waals surface area (Å²) in [6.45, 7) is 2.25. The van der Waals surface area contributed by atoms with Gasteiger partial charge in [-0.2, -0.15) is 0 Å². The van der Waals surface area contributed by atoms with E-state index in [1.807, 2.05) is 30.3 Å². The third kappa shape index (κ3) is 3.84. The summed E-state index contributed by atoms with van der Waals surface area (Å²) in [7, 11) is 2.06. The number of hydrogen-bond acceptors (Lipinski definition) is 4. The Morgan fingerprint density at radius 2 is 2.00 bits per heavy atom. The first kappa shape index (κ1) is 19.8. The molecule has 4 aromatic rings. The lowest BCUT2D eigenvalue weighted by molar-refractivity contribution is 0.305. The van der Waals surface area contributed by atoms with Gasteiger partial charge in [0.25, 0.3) is 5.56 Å². The van der Waals surface area contributed by atoms with Gasteiger partial charge in [-0.05, 0) is 60.8 Å². The van der Waals surface area contributed by atoms with Crippen molar-refractivity contribution in [3.63, 3.8) is 0 Å². The molecule has 0 bridgehead atoms. The Bertz CT molecular complexity index is 1310. The molecule has 7 heteroatoms. The standard InChI is InChI=1S/C24H23ClN4O2/c1-28-21-3-2-11-26-14-20(21)19-8-9-22(27-24(19)28)29-12-10-18(13-23(29)30)31-15-16-4-6-17(25)7-5-16/h4-10,12-13,26H,2-3,11,14-15H2,1H3. The molecule has 0 saturated carbocycles. The van der Waals surface area contributed by atoms with Crippen LogP contribution >= 0.6 is 11.6 Å². The van der Waals surface area contributed by atoms with Crippen molar-refractivity contribution < 1.29 is 4.74 Å². The smallest absolute Gasteiger partial charge is 0.259 e. The van der Waals surface area contributed by atoms with Gasteiger partial charge >= 0.3 is 0 Å². The molecule has 4 heterocycles. The topological polar surface area (TPSA) is 61.1 Å². The number of aromatic nitrogens is 3. The molecule has 0 spiro atoms. The number of ether oxygens (including phenoxy) is 1. The fraction of sp³-hybridized carbons (Fsp3) is 0.250. The molecule has 158 valence electrons. The Morgan fingerprint density at radius 3 is 2.81 bits per heavy atom. The number of aryl methyl sites for hydroxylation is 1. The zero-order chi connectivity index (χ0) is 21.4. The third-order valence-corrected chi connectivity index (χ3v) is 6.03. The molecule has 0 radical (unpaired) electrons. The highest BCUT2D eigenvalue weighted by Gasteiger charge is 2.18. The predicted molar refractivity (Wildman–Crippen MR) is 122 cm³/mol. The summed E-state index contributed by atoms with van der Waals surface area (Å²) in [5.74, 6) is 1.12. The maximum atomic E-state index is 12.8. The molecule has 0 fully saturated rings. The monoisotopic (exact) mass is 434 g/mol. The molecule has 0 amide bonds. The van der Waals surface area contributed by atoms with Gasteiger partial charge in [0, 0.05) is 42.0 Å². The largest absolute Gasteiger partial charge is 0.489 e. The van der Waals surface area contributed by atoms with E-state index in [-0.39, 0.29) is 5.56 Å². The summed E-state index contributed by atoms with van der Waals surface area (Å²) in [6, 6.07) is 14.7. The second-order valence-electron chi connectivity index (χ2n) is 7.79. The van der Waals surface area contributed by atoms with Gasteiger partial charge in [-0.3, -0.25) is 9.36 Å². The van der Waals surface area contributed by atoms with Crippen LogP contribution in [0.2, 0.25) is 5.02 Å². The van der Waals surface area contributed by atoms with E-state index in [4.69, 9.17) is 21.3 Å². The summed E-state index contributed by atoms with van der Waals surface area (Å²) in [4.78, 5) is 17.6. The molecule has 0 aliphatic carbocycles. The molecule has 1 aromatic carbocycles. The second-order valence-corrected chi connectivity index (χ2v) is 8.23. The highest BCUT2D eigenvalue weighted by atomic mass is 35.5. The molecule has 3 aromatic heterocycles. The first-order valence-electron chi connectivity index (χ1n) is 10.4. The lowest BCUT2D eigenvalue weighted by Crippen LogP contribution is -2.18. The van der Waals surface area contributed by atoms with Crippen molar-refractivity contribution in [3.8, 4) is 11.6 Å². The van der Waals surface area contributed by atoms with Crippen LogP contribution in [-0.2, 0) is 26.6 Å². The number of pyridine rings is 2. The van der Waals surface area contributed by atoms with Crippen molar-refractivity contribution >= 4 is 22.6 Å². The van der Waals surface area contributed by atoms with E-state index in [1.165, 1.54) is 17.3 Å². The molecule has 31 heavy (non-hydrogen) atoms. The molecular formula is C24H23ClN4O2. The van der Waals surface area contributed by atoms with Gasteiger partial charge in [0.2, 0.25) is 0 Å². The first-order valence-corrected chi connectivity index (χ1v) is 10.8. The van der Waals surface area contributed by atoms with Crippen LogP contribution in [0.3, 0.4) is 0 Å². The van der Waals surface area contributed by atoms with E-state index in [9.17, 15) is 4.79 Å². The van der Waals surface area contributed by atoms with E-state index >= 15 is 0 Å². The van der Waals surface area contributed by atoms with Gasteiger partial charge < -0.3 is 14.6 Å². The zero-order valence-electron chi connectivity index (χ0n) is 17.3. The normalized spacial score (nSPS) is 13.7. The number of benzene rings is 1. The minimum atomic E-state index is -0.183. The summed E-state index contributed by atoms with van der Waals surface area (Å²) in [6.07, 6.45) is 3.86. The van der Waals surface area contributed by atoms with Crippen molar-refractivity contribution in [1.29, 1.82) is 0 Å². The predicted octanol–water partition coefficient (Wildman–Crippen LogP) is 3.99. The molecule has 0 atom stereocenters. The molecule has 0 unspecified atom stereocenters. The quantitative estimate of drug-likeness (QED) is 0.527. The minimum absolute atomic E-state index is 0.183. The second kappa shape index (κ2) is 8.21. The Labute approximate surface area is 185 Å². The van der Waals surface area contributed by atoms with Crippen molar-refractivity contribution in [2.75, 3.05) is 6.54 Å². The maximum Gasteiger partial charge on any atom is 0.259 e. The van der Waals surface area contributed by atoms with Crippen LogP contribution in [0.1, 0.15) is 23.2 Å². The van der Waals surface area contributed by atoms with Gasteiger partial charge in [0.15, 0.2) is 0 Å². The number of nitrogens with one attached hydrogen (secondary N) is 1. The van der Waals surface area contributed by atoms with Crippen LogP contribution in [0.5, 0.6) is 5.75 Å². The first-order chi connectivity index (χ1) is 15.1. The zero-order valence-corrected chi connectivity index (χ0v) is 18.0. The Kier molecular flexibility index (Phi) is 5.26. The molecule has 6 nitrogen and oxygen atoms in total. The number of fused-ring (bicyclic) bond motifs is 3. The van der Waals surface area contributed by atoms with Crippen molar-refractivity contribution in [3.05, 3.63) is 86.9 Å². The van der Waals surface area contributed by atoms with Crippen LogP contribution in [0.4, 0.5) is 0 Å². The van der Waals surface area contributed by atoms with E-state index in [0.29, 0.717) is 23.2 Å². The highest BCUT2D eigenvalue weighted by molar-refractivity contribution is 6.30. The molecule has 0 saturated heterocycles. The summed E-state index contributed by atoms with van der Waals surface area (Å²) >= 11 is 5.91. The van der Waals surface area contributed by atoms with Gasteiger partial charge in [-0.1, -0.05) is 23.7 Å². The average Bonchev–Trinajstić information content (AvgIpc) is 2.93. The number of nitrogens with zero attached hydrogens (tertiary/aromatic N) is 3. The number of rotatable bonds is 4. The average molecular weight is 435 g/mol. The Hall–Kier alpha value is -3.09. The van der Waals surface area contributed by atoms with Crippen LogP contribution in [0, 0.1) is 0 Å². The van der Waals surface area contributed by atoms with Crippen molar-refractivity contribution in [2.24, 2.45) is 7.05 Å². The minimum Gasteiger partial charge on any atom is -0.489 e. The van der Waals surface area contributed by atoms with Crippen LogP contribution in [-0.4, -0.2) is 20.7 Å². The van der Waals surface area contributed by atoms with Gasteiger partial charge in [0.1, 0.15) is 23.8 Å². The fourth-order valence-electron chi connectivity index (χ4n) is 4.15. The van der Waals surface area contributed by atoms with Gasteiger partial charge in [-0.15, -0.1) is 0 Å². The summed E-state index contributed by atoms with van der Waals surface area (Å²) in [5, 5.41) is 5.31. The van der Waals surface area contributed by atoms with Crippen molar-refractivity contribution in [1.82, 2.24) is 19.4 Å². The fourth-order valence-corrected chi connectivity index (χ4v) is 4.27. The Balaban J connectivity index is 1.42. The third-order valence-electron chi connectivity index (χ3n) is 5.78. The Morgan fingerprint density at radius 1 is 1.16 bits per heavy atom. The number of hydrogen-bond donors (Lipinski definition) is 1. The van der Waals surface area contributed by atoms with E-state index in [1.54, 1.807) is 16.8 Å². The maximum absolute atomic E-state index is 12.8. The molecule has 1 N–H and O–H groups in total. The van der Waals surface area contributed by atoms with E-state index < -0.39 is 0 Å². The van der Waals surface area contributed by atoms with Crippen LogP contribution < -0.4 is 15.6 Å². The van der Waals surface area contributed by atoms with Crippen molar-refractivity contribution in [2.45, 2.75) is 26.0 Å². The summed E-state index contributed by atoms with van der Waals surface area (Å²) < 4.78 is 9.48. The van der Waals surface area contributed by atoms with Crippen LogP contribution in [0.15, 0.2) is 59.5 Å². The lowest BCUT2D eigenvalue weighted by Gasteiger charge is -2.09. The van der Waals surface area contributed by atoms with E-state index in [0.717, 1.165) is 42.5 Å². The SMILES string of the molecule is Cn1c2c(c3ccc(-n4ccc(OCc5ccc(Cl)cc5)cc4=O)nc31)CNCCC2. The lowest BCUT2D eigenvalue weighted by atomic mass is 10.1. The highest BCUT2D eigenvalue weighted by Crippen LogP contribution is 2.27. The molecule has 1 aliphatic heterocycles. The molecule has 5 rings (SSSR count). The summed E-state index contributed by atoms with van der Waals surface area (Å²) in [5.41, 5.74) is 4.34. The number of halogens is 1. The molecular weight excluding hydrogens is 412 g/mol. The molecule has 1 aliphatic rings. The van der Waals surface area contributed by atoms with E-state index in [2.05, 4.69) is 23.0 Å². The van der Waals surface area contributed by atoms with Gasteiger partial charge in [-0.25, -0.2) is 4.98 Å². The van der Waals surface area contributed by atoms with Crippen LogP contribution in [0.25, 0.3) is 16.9 Å². The van der Waals surface area contributed by atoms with Gasteiger partial charge in [0.05, 0.1) is 0 Å².